The Hall–Kier alpha value is -0.810. The Morgan fingerprint density at radius 2 is 1.80 bits per heavy atom. The van der Waals surface area contributed by atoms with Crippen LogP contribution < -0.4 is 10.6 Å². The lowest BCUT2D eigenvalue weighted by atomic mass is 10.1. The summed E-state index contributed by atoms with van der Waals surface area (Å²) in [6.07, 6.45) is 0.717. The van der Waals surface area contributed by atoms with E-state index >= 15 is 0 Å². The van der Waals surface area contributed by atoms with Gasteiger partial charge in [0.05, 0.1) is 6.61 Å². The summed E-state index contributed by atoms with van der Waals surface area (Å²) >= 11 is 0. The molecule has 0 aliphatic rings. The summed E-state index contributed by atoms with van der Waals surface area (Å²) in [4.78, 5) is 11.5. The van der Waals surface area contributed by atoms with E-state index < -0.39 is 5.60 Å². The van der Waals surface area contributed by atoms with Gasteiger partial charge >= 0.3 is 6.09 Å². The summed E-state index contributed by atoms with van der Waals surface area (Å²) in [5.74, 6) is 0.680. The molecule has 5 heteroatoms. The van der Waals surface area contributed by atoms with Gasteiger partial charge in [-0.3, -0.25) is 0 Å². The zero-order valence-electron chi connectivity index (χ0n) is 13.9. The molecule has 0 aromatic heterocycles. The molecule has 1 unspecified atom stereocenters. The first kappa shape index (κ1) is 19.2. The van der Waals surface area contributed by atoms with E-state index in [4.69, 9.17) is 9.47 Å². The normalized spacial score (nSPS) is 13.3. The van der Waals surface area contributed by atoms with Crippen molar-refractivity contribution in [2.45, 2.75) is 59.6 Å². The van der Waals surface area contributed by atoms with Crippen LogP contribution in [0, 0.1) is 5.92 Å². The maximum Gasteiger partial charge on any atom is 0.407 e. The molecule has 0 spiro atoms. The van der Waals surface area contributed by atoms with Crippen molar-refractivity contribution in [1.82, 2.24) is 10.6 Å². The van der Waals surface area contributed by atoms with E-state index in [1.165, 1.54) is 0 Å². The fourth-order valence-corrected chi connectivity index (χ4v) is 1.42. The van der Waals surface area contributed by atoms with E-state index in [-0.39, 0.29) is 12.1 Å². The van der Waals surface area contributed by atoms with Gasteiger partial charge in [0.15, 0.2) is 0 Å². The first-order valence-corrected chi connectivity index (χ1v) is 7.48. The largest absolute Gasteiger partial charge is 0.444 e. The van der Waals surface area contributed by atoms with E-state index in [1.807, 2.05) is 27.7 Å². The van der Waals surface area contributed by atoms with E-state index in [0.717, 1.165) is 19.6 Å². The van der Waals surface area contributed by atoms with E-state index in [2.05, 4.69) is 24.5 Å². The van der Waals surface area contributed by atoms with Gasteiger partial charge in [0.1, 0.15) is 5.60 Å². The molecule has 0 saturated carbocycles. The van der Waals surface area contributed by atoms with Gasteiger partial charge in [-0.2, -0.15) is 0 Å². The molecule has 20 heavy (non-hydrogen) atoms. The molecule has 0 saturated heterocycles. The van der Waals surface area contributed by atoms with Crippen LogP contribution >= 0.6 is 0 Å². The van der Waals surface area contributed by atoms with Crippen molar-refractivity contribution in [2.75, 3.05) is 26.3 Å². The Morgan fingerprint density at radius 1 is 1.15 bits per heavy atom. The second kappa shape index (κ2) is 10.00. The summed E-state index contributed by atoms with van der Waals surface area (Å²) in [5.41, 5.74) is -0.453. The quantitative estimate of drug-likeness (QED) is 0.640. The number of carbonyl (C=O) groups is 1. The van der Waals surface area contributed by atoms with Crippen molar-refractivity contribution in [3.63, 3.8) is 0 Å². The number of ether oxygens (including phenoxy) is 2. The Balaban J connectivity index is 3.50. The van der Waals surface area contributed by atoms with Crippen LogP contribution in [-0.2, 0) is 9.47 Å². The van der Waals surface area contributed by atoms with Crippen LogP contribution in [0.3, 0.4) is 0 Å². The Bertz CT molecular complexity index is 262. The van der Waals surface area contributed by atoms with Crippen molar-refractivity contribution < 1.29 is 14.3 Å². The van der Waals surface area contributed by atoms with Crippen LogP contribution in [0.15, 0.2) is 0 Å². The van der Waals surface area contributed by atoms with Gasteiger partial charge in [-0.15, -0.1) is 0 Å². The third-order valence-corrected chi connectivity index (χ3v) is 2.53. The van der Waals surface area contributed by atoms with Gasteiger partial charge in [0.25, 0.3) is 0 Å². The molecule has 0 heterocycles. The second-order valence-electron chi connectivity index (χ2n) is 6.53. The second-order valence-corrected chi connectivity index (χ2v) is 6.53. The first-order chi connectivity index (χ1) is 9.20. The molecule has 5 nitrogen and oxygen atoms in total. The predicted molar refractivity (Wildman–Crippen MR) is 82.0 cm³/mol. The Kier molecular flexibility index (Phi) is 9.59. The highest BCUT2D eigenvalue weighted by atomic mass is 16.6. The van der Waals surface area contributed by atoms with Gasteiger partial charge in [0, 0.05) is 25.7 Å². The number of hydrogen-bond donors (Lipinski definition) is 2. The van der Waals surface area contributed by atoms with Gasteiger partial charge in [-0.1, -0.05) is 13.8 Å². The molecule has 1 atom stereocenters. The molecule has 0 radical (unpaired) electrons. The van der Waals surface area contributed by atoms with Crippen molar-refractivity contribution >= 4 is 6.09 Å². The maximum atomic E-state index is 11.5. The predicted octanol–water partition coefficient (Wildman–Crippen LogP) is 2.55. The van der Waals surface area contributed by atoms with Crippen LogP contribution in [-0.4, -0.2) is 44.0 Å². The Labute approximate surface area is 123 Å². The lowest BCUT2D eigenvalue weighted by Crippen LogP contribution is -2.42. The topological polar surface area (TPSA) is 59.6 Å². The molecule has 0 aliphatic carbocycles. The van der Waals surface area contributed by atoms with Crippen molar-refractivity contribution in [2.24, 2.45) is 5.92 Å². The minimum atomic E-state index is -0.453. The molecule has 0 rings (SSSR count). The van der Waals surface area contributed by atoms with Crippen molar-refractivity contribution in [1.29, 1.82) is 0 Å². The number of nitrogens with one attached hydrogen (secondary N) is 2. The lowest BCUT2D eigenvalue weighted by molar-refractivity contribution is 0.0522. The van der Waals surface area contributed by atoms with Gasteiger partial charge in [0.2, 0.25) is 0 Å². The number of carbonyl (C=O) groups excluding carboxylic acids is 1. The van der Waals surface area contributed by atoms with Gasteiger partial charge in [-0.25, -0.2) is 4.79 Å². The Morgan fingerprint density at radius 3 is 2.35 bits per heavy atom. The summed E-state index contributed by atoms with van der Waals surface area (Å²) in [6, 6.07) is 0.191. The molecule has 0 aromatic carbocycles. The molecule has 120 valence electrons. The minimum absolute atomic E-state index is 0.191. The molecule has 0 fully saturated rings. The van der Waals surface area contributed by atoms with Crippen LogP contribution in [0.4, 0.5) is 4.79 Å². The summed E-state index contributed by atoms with van der Waals surface area (Å²) in [7, 11) is 0. The van der Waals surface area contributed by atoms with E-state index in [9.17, 15) is 4.79 Å². The monoisotopic (exact) mass is 288 g/mol. The van der Waals surface area contributed by atoms with Crippen molar-refractivity contribution in [3.8, 4) is 0 Å². The first-order valence-electron chi connectivity index (χ1n) is 7.48. The van der Waals surface area contributed by atoms with E-state index in [1.54, 1.807) is 0 Å². The highest BCUT2D eigenvalue weighted by molar-refractivity contribution is 5.67. The lowest BCUT2D eigenvalue weighted by Gasteiger charge is -2.21. The maximum absolute atomic E-state index is 11.5. The third kappa shape index (κ3) is 13.6. The zero-order valence-corrected chi connectivity index (χ0v) is 13.9. The molecular weight excluding hydrogens is 256 g/mol. The van der Waals surface area contributed by atoms with Gasteiger partial charge in [-0.05, 0) is 40.0 Å². The summed E-state index contributed by atoms with van der Waals surface area (Å²) < 4.78 is 10.7. The molecule has 0 aromatic rings. The summed E-state index contributed by atoms with van der Waals surface area (Å²) in [5, 5.41) is 6.04. The molecule has 0 bridgehead atoms. The van der Waals surface area contributed by atoms with Crippen LogP contribution in [0.1, 0.15) is 48.0 Å². The molecule has 1 amide bonds. The zero-order chi connectivity index (χ0) is 15.6. The molecular formula is C15H32N2O3. The summed E-state index contributed by atoms with van der Waals surface area (Å²) in [6.45, 7) is 14.8. The highest BCUT2D eigenvalue weighted by Gasteiger charge is 2.16. The average molecular weight is 288 g/mol. The van der Waals surface area contributed by atoms with Gasteiger partial charge < -0.3 is 20.1 Å². The van der Waals surface area contributed by atoms with Crippen LogP contribution in [0.2, 0.25) is 0 Å². The fraction of sp³-hybridized carbons (Fsp3) is 0.933. The average Bonchev–Trinajstić information content (AvgIpc) is 2.28. The minimum Gasteiger partial charge on any atom is -0.444 e. The van der Waals surface area contributed by atoms with Crippen molar-refractivity contribution in [3.05, 3.63) is 0 Å². The molecule has 0 aliphatic heterocycles. The third-order valence-electron chi connectivity index (χ3n) is 2.53. The van der Waals surface area contributed by atoms with Crippen LogP contribution in [0.5, 0.6) is 0 Å². The SMILES string of the molecule is CC(C)CCOCCNC(C)CNC(=O)OC(C)(C)C. The number of amides is 1. The van der Waals surface area contributed by atoms with Crippen LogP contribution in [0.25, 0.3) is 0 Å². The number of alkyl carbamates (subject to hydrolysis) is 1. The standard InChI is InChI=1S/C15H32N2O3/c1-12(2)7-9-19-10-8-16-13(3)11-17-14(18)20-15(4,5)6/h12-13,16H,7-11H2,1-6H3,(H,17,18). The fourth-order valence-electron chi connectivity index (χ4n) is 1.42. The van der Waals surface area contributed by atoms with E-state index in [0.29, 0.717) is 19.1 Å². The number of hydrogen-bond acceptors (Lipinski definition) is 4. The highest BCUT2D eigenvalue weighted by Crippen LogP contribution is 2.06. The smallest absolute Gasteiger partial charge is 0.407 e. The molecule has 2 N–H and O–H groups in total. The number of rotatable bonds is 9.